The maximum Gasteiger partial charge on any atom is 0.363 e. The topological polar surface area (TPSA) is 111 Å². The van der Waals surface area contributed by atoms with E-state index in [1.807, 2.05) is 6.92 Å². The number of rotatable bonds is 6. The predicted octanol–water partition coefficient (Wildman–Crippen LogP) is 4.11. The van der Waals surface area contributed by atoms with Crippen molar-refractivity contribution in [2.75, 3.05) is 20.2 Å². The summed E-state index contributed by atoms with van der Waals surface area (Å²) in [5.74, 6) is 1.76. The second kappa shape index (κ2) is 9.23. The molecule has 0 bridgehead atoms. The molecule has 0 radical (unpaired) electrons. The van der Waals surface area contributed by atoms with Crippen LogP contribution >= 0.6 is 0 Å². The Morgan fingerprint density at radius 2 is 1.62 bits per heavy atom. The van der Waals surface area contributed by atoms with Crippen LogP contribution in [0.5, 0.6) is 34.5 Å². The zero-order chi connectivity index (χ0) is 25.4. The number of benzene rings is 3. The molecule has 0 fully saturated rings. The largest absolute Gasteiger partial charge is 0.490 e. The maximum atomic E-state index is 12.7. The van der Waals surface area contributed by atoms with Crippen molar-refractivity contribution in [1.82, 2.24) is 0 Å². The minimum Gasteiger partial charge on any atom is -0.490 e. The van der Waals surface area contributed by atoms with Crippen LogP contribution in [0.15, 0.2) is 65.3 Å². The molecule has 0 spiro atoms. The van der Waals surface area contributed by atoms with Crippen LogP contribution in [0, 0.1) is 0 Å². The van der Waals surface area contributed by atoms with E-state index in [0.29, 0.717) is 52.0 Å². The monoisotopic (exact) mass is 501 g/mol. The Balaban J connectivity index is 1.24. The summed E-state index contributed by atoms with van der Waals surface area (Å²) in [4.78, 5) is 29.5. The Hall–Kier alpha value is -4.99. The fourth-order valence-electron chi connectivity index (χ4n) is 3.87. The number of esters is 2. The van der Waals surface area contributed by atoms with Crippen LogP contribution in [0.4, 0.5) is 0 Å². The third-order valence-corrected chi connectivity index (χ3v) is 5.62. The van der Waals surface area contributed by atoms with Crippen molar-refractivity contribution in [1.29, 1.82) is 0 Å². The summed E-state index contributed by atoms with van der Waals surface area (Å²) >= 11 is 0. The van der Waals surface area contributed by atoms with Crippen molar-refractivity contribution in [2.45, 2.75) is 6.92 Å². The molecular formula is C27H19NO9. The molecule has 3 heterocycles. The van der Waals surface area contributed by atoms with E-state index in [1.54, 1.807) is 60.7 Å². The first kappa shape index (κ1) is 22.5. The minimum absolute atomic E-state index is 0.106. The number of carbonyl (C=O) groups is 2. The van der Waals surface area contributed by atoms with Gasteiger partial charge in [0.05, 0.1) is 12.2 Å². The first-order valence-corrected chi connectivity index (χ1v) is 11.4. The molecule has 0 saturated carbocycles. The number of hydrogen-bond acceptors (Lipinski definition) is 10. The van der Waals surface area contributed by atoms with E-state index in [1.165, 1.54) is 0 Å². The van der Waals surface area contributed by atoms with E-state index in [2.05, 4.69) is 4.99 Å². The lowest BCUT2D eigenvalue weighted by atomic mass is 10.1. The van der Waals surface area contributed by atoms with Crippen LogP contribution in [-0.4, -0.2) is 38.0 Å². The third kappa shape index (κ3) is 4.40. The Labute approximate surface area is 210 Å². The van der Waals surface area contributed by atoms with Crippen molar-refractivity contribution in [3.05, 3.63) is 77.0 Å². The summed E-state index contributed by atoms with van der Waals surface area (Å²) in [7, 11) is 0. The van der Waals surface area contributed by atoms with E-state index in [4.69, 9.17) is 33.2 Å². The third-order valence-electron chi connectivity index (χ3n) is 5.62. The van der Waals surface area contributed by atoms with Gasteiger partial charge in [-0.2, -0.15) is 0 Å². The summed E-state index contributed by atoms with van der Waals surface area (Å²) in [6.07, 6.45) is 1.56. The van der Waals surface area contributed by atoms with Crippen molar-refractivity contribution >= 4 is 23.9 Å². The number of hydrogen-bond donors (Lipinski definition) is 0. The van der Waals surface area contributed by atoms with E-state index in [9.17, 15) is 9.59 Å². The fourth-order valence-corrected chi connectivity index (χ4v) is 3.87. The zero-order valence-corrected chi connectivity index (χ0v) is 19.5. The van der Waals surface area contributed by atoms with E-state index in [-0.39, 0.29) is 30.9 Å². The molecule has 3 aliphatic rings. The average molecular weight is 501 g/mol. The summed E-state index contributed by atoms with van der Waals surface area (Å²) in [5, 5.41) is 0. The summed E-state index contributed by atoms with van der Waals surface area (Å²) in [6, 6.07) is 14.9. The first-order chi connectivity index (χ1) is 18.1. The number of aliphatic imine (C=N–C) groups is 1. The highest BCUT2D eigenvalue weighted by atomic mass is 16.7. The molecule has 186 valence electrons. The van der Waals surface area contributed by atoms with Gasteiger partial charge in [-0.1, -0.05) is 6.07 Å². The highest BCUT2D eigenvalue weighted by molar-refractivity contribution is 6.13. The predicted molar refractivity (Wildman–Crippen MR) is 128 cm³/mol. The van der Waals surface area contributed by atoms with Crippen LogP contribution in [0.1, 0.15) is 28.4 Å². The second-order valence-electron chi connectivity index (χ2n) is 8.00. The number of cyclic esters (lactones) is 1. The van der Waals surface area contributed by atoms with Crippen molar-refractivity contribution < 1.29 is 42.7 Å². The van der Waals surface area contributed by atoms with Crippen LogP contribution in [-0.2, 0) is 9.53 Å². The molecule has 6 rings (SSSR count). The van der Waals surface area contributed by atoms with Gasteiger partial charge in [0, 0.05) is 5.56 Å². The number of ether oxygens (including phenoxy) is 7. The molecule has 0 aliphatic carbocycles. The van der Waals surface area contributed by atoms with Crippen LogP contribution < -0.4 is 28.4 Å². The lowest BCUT2D eigenvalue weighted by Crippen LogP contribution is -2.09. The van der Waals surface area contributed by atoms with Gasteiger partial charge in [-0.3, -0.25) is 0 Å². The van der Waals surface area contributed by atoms with Gasteiger partial charge in [0.25, 0.3) is 0 Å². The fraction of sp³-hybridized carbons (Fsp3) is 0.148. The highest BCUT2D eigenvalue weighted by Gasteiger charge is 2.26. The molecule has 10 heteroatoms. The SMILES string of the molecule is CCOc1cc(/C=C2/N=C(c3ccc4c(c3)OCO4)OC2=O)ccc1OC(=O)c1ccc2c(c1)OCO2. The molecule has 10 nitrogen and oxygen atoms in total. The van der Waals surface area contributed by atoms with Gasteiger partial charge >= 0.3 is 11.9 Å². The second-order valence-corrected chi connectivity index (χ2v) is 8.00. The summed E-state index contributed by atoms with van der Waals surface area (Å²) < 4.78 is 37.9. The average Bonchev–Trinajstić information content (AvgIpc) is 3.65. The van der Waals surface area contributed by atoms with E-state index in [0.717, 1.165) is 0 Å². The lowest BCUT2D eigenvalue weighted by molar-refractivity contribution is -0.129. The zero-order valence-electron chi connectivity index (χ0n) is 19.5. The van der Waals surface area contributed by atoms with Crippen LogP contribution in [0.3, 0.4) is 0 Å². The van der Waals surface area contributed by atoms with E-state index < -0.39 is 11.9 Å². The smallest absolute Gasteiger partial charge is 0.363 e. The number of fused-ring (bicyclic) bond motifs is 2. The standard InChI is InChI=1S/C27H19NO9/c1-2-31-22-10-15(3-6-21(22)36-26(29)17-5-8-20-24(12-17)35-14-33-20)9-18-27(30)37-25(28-18)16-4-7-19-23(11-16)34-13-32-19/h3-12H,2,13-14H2,1H3/b18-9+. The van der Waals surface area contributed by atoms with Gasteiger partial charge in [-0.25, -0.2) is 14.6 Å². The molecular weight excluding hydrogens is 482 g/mol. The molecule has 3 aromatic rings. The van der Waals surface area contributed by atoms with Gasteiger partial charge in [0.15, 0.2) is 40.2 Å². The van der Waals surface area contributed by atoms with Crippen LogP contribution in [0.25, 0.3) is 6.08 Å². The molecule has 0 N–H and O–H groups in total. The first-order valence-electron chi connectivity index (χ1n) is 11.4. The van der Waals surface area contributed by atoms with Gasteiger partial charge in [0.1, 0.15) is 0 Å². The molecule has 0 aromatic heterocycles. The van der Waals surface area contributed by atoms with Crippen molar-refractivity contribution in [3.8, 4) is 34.5 Å². The summed E-state index contributed by atoms with van der Waals surface area (Å²) in [6.45, 7) is 2.39. The lowest BCUT2D eigenvalue weighted by Gasteiger charge is -2.11. The molecule has 0 unspecified atom stereocenters. The van der Waals surface area contributed by atoms with Crippen molar-refractivity contribution in [2.24, 2.45) is 4.99 Å². The number of carbonyl (C=O) groups excluding carboxylic acids is 2. The normalized spacial score (nSPS) is 16.0. The minimum atomic E-state index is -0.594. The molecule has 0 amide bonds. The van der Waals surface area contributed by atoms with Crippen LogP contribution in [0.2, 0.25) is 0 Å². The summed E-state index contributed by atoms with van der Waals surface area (Å²) in [5.41, 5.74) is 1.60. The van der Waals surface area contributed by atoms with E-state index >= 15 is 0 Å². The molecule has 0 atom stereocenters. The Bertz CT molecular complexity index is 1490. The van der Waals surface area contributed by atoms with Gasteiger partial charge < -0.3 is 33.2 Å². The Morgan fingerprint density at radius 1 is 0.892 bits per heavy atom. The number of nitrogens with zero attached hydrogens (tertiary/aromatic N) is 1. The molecule has 3 aliphatic heterocycles. The molecule has 37 heavy (non-hydrogen) atoms. The molecule has 0 saturated heterocycles. The Morgan fingerprint density at radius 3 is 2.41 bits per heavy atom. The van der Waals surface area contributed by atoms with Gasteiger partial charge in [-0.15, -0.1) is 0 Å². The van der Waals surface area contributed by atoms with Gasteiger partial charge in [0.2, 0.25) is 19.5 Å². The van der Waals surface area contributed by atoms with Gasteiger partial charge in [-0.05, 0) is 67.1 Å². The highest BCUT2D eigenvalue weighted by Crippen LogP contribution is 2.35. The maximum absolute atomic E-state index is 12.7. The molecule has 3 aromatic carbocycles. The van der Waals surface area contributed by atoms with Crippen molar-refractivity contribution in [3.63, 3.8) is 0 Å². The Kier molecular flexibility index (Phi) is 5.61. The quantitative estimate of drug-likeness (QED) is 0.280.